The molecule has 0 aliphatic carbocycles. The standard InChI is InChI=1S/C15H25N3O/c1-4-15(19)14-8-7-12(10-16-14)18-9-5-6-13(18)11-17(2)3/h7-8,10,13,15,19H,4-6,9,11H2,1-3H3. The van der Waals surface area contributed by atoms with Crippen molar-refractivity contribution in [1.82, 2.24) is 9.88 Å². The van der Waals surface area contributed by atoms with Crippen molar-refractivity contribution in [3.63, 3.8) is 0 Å². The first-order valence-electron chi connectivity index (χ1n) is 7.17. The Labute approximate surface area is 116 Å². The van der Waals surface area contributed by atoms with Gasteiger partial charge in [0.25, 0.3) is 0 Å². The maximum Gasteiger partial charge on any atom is 0.0957 e. The van der Waals surface area contributed by atoms with Crippen LogP contribution in [0, 0.1) is 0 Å². The zero-order valence-electron chi connectivity index (χ0n) is 12.2. The zero-order valence-corrected chi connectivity index (χ0v) is 12.2. The number of aliphatic hydroxyl groups excluding tert-OH is 1. The summed E-state index contributed by atoms with van der Waals surface area (Å²) >= 11 is 0. The van der Waals surface area contributed by atoms with Gasteiger partial charge in [-0.3, -0.25) is 4.98 Å². The van der Waals surface area contributed by atoms with E-state index in [9.17, 15) is 5.11 Å². The molecule has 106 valence electrons. The van der Waals surface area contributed by atoms with E-state index in [0.717, 1.165) is 18.8 Å². The van der Waals surface area contributed by atoms with Crippen LogP contribution in [0.1, 0.15) is 38.0 Å². The highest BCUT2D eigenvalue weighted by Crippen LogP contribution is 2.26. The van der Waals surface area contributed by atoms with Crippen LogP contribution in [-0.2, 0) is 0 Å². The van der Waals surface area contributed by atoms with E-state index in [1.807, 2.05) is 19.2 Å². The third-order valence-corrected chi connectivity index (χ3v) is 3.78. The van der Waals surface area contributed by atoms with Gasteiger partial charge in [0, 0.05) is 19.1 Å². The van der Waals surface area contributed by atoms with E-state index in [1.165, 1.54) is 18.5 Å². The van der Waals surface area contributed by atoms with Crippen LogP contribution in [0.3, 0.4) is 0 Å². The first-order chi connectivity index (χ1) is 9.11. The van der Waals surface area contributed by atoms with Gasteiger partial charge in [0.05, 0.1) is 23.7 Å². The Bertz CT molecular complexity index is 391. The van der Waals surface area contributed by atoms with Crippen molar-refractivity contribution in [1.29, 1.82) is 0 Å². The van der Waals surface area contributed by atoms with Crippen LogP contribution < -0.4 is 4.90 Å². The SMILES string of the molecule is CCC(O)c1ccc(N2CCCC2CN(C)C)cn1. The number of likely N-dealkylation sites (N-methyl/N-ethyl adjacent to an activating group) is 1. The molecule has 4 heteroatoms. The lowest BCUT2D eigenvalue weighted by Gasteiger charge is -2.29. The second-order valence-electron chi connectivity index (χ2n) is 5.62. The first kappa shape index (κ1) is 14.3. The molecule has 0 aromatic carbocycles. The fourth-order valence-corrected chi connectivity index (χ4v) is 2.76. The second kappa shape index (κ2) is 6.35. The molecule has 1 aromatic heterocycles. The minimum absolute atomic E-state index is 0.440. The largest absolute Gasteiger partial charge is 0.387 e. The van der Waals surface area contributed by atoms with Gasteiger partial charge >= 0.3 is 0 Å². The van der Waals surface area contributed by atoms with Crippen LogP contribution >= 0.6 is 0 Å². The molecular weight excluding hydrogens is 238 g/mol. The van der Waals surface area contributed by atoms with E-state index >= 15 is 0 Å². The molecule has 4 nitrogen and oxygen atoms in total. The molecule has 0 amide bonds. The molecule has 1 aliphatic rings. The van der Waals surface area contributed by atoms with E-state index in [-0.39, 0.29) is 0 Å². The molecule has 1 saturated heterocycles. The summed E-state index contributed by atoms with van der Waals surface area (Å²) in [4.78, 5) is 9.08. The highest BCUT2D eigenvalue weighted by atomic mass is 16.3. The predicted molar refractivity (Wildman–Crippen MR) is 78.4 cm³/mol. The van der Waals surface area contributed by atoms with E-state index in [2.05, 4.69) is 34.9 Å². The van der Waals surface area contributed by atoms with E-state index in [4.69, 9.17) is 0 Å². The van der Waals surface area contributed by atoms with Crippen molar-refractivity contribution in [2.75, 3.05) is 32.1 Å². The lowest BCUT2D eigenvalue weighted by atomic mass is 10.1. The first-order valence-corrected chi connectivity index (χ1v) is 7.17. The molecular formula is C15H25N3O. The van der Waals surface area contributed by atoms with Crippen molar-refractivity contribution in [2.45, 2.75) is 38.3 Å². The van der Waals surface area contributed by atoms with Crippen LogP contribution in [0.4, 0.5) is 5.69 Å². The van der Waals surface area contributed by atoms with Gasteiger partial charge in [0.2, 0.25) is 0 Å². The summed E-state index contributed by atoms with van der Waals surface area (Å²) < 4.78 is 0. The number of hydrogen-bond donors (Lipinski definition) is 1. The summed E-state index contributed by atoms with van der Waals surface area (Å²) in [6.07, 6.45) is 4.67. The van der Waals surface area contributed by atoms with Gasteiger partial charge in [0.15, 0.2) is 0 Å². The van der Waals surface area contributed by atoms with Crippen molar-refractivity contribution in [3.8, 4) is 0 Å². The Morgan fingerprint density at radius 2 is 2.26 bits per heavy atom. The maximum absolute atomic E-state index is 9.77. The van der Waals surface area contributed by atoms with Gasteiger partial charge < -0.3 is 14.9 Å². The number of aromatic nitrogens is 1. The molecule has 1 aliphatic heterocycles. The number of aliphatic hydroxyl groups is 1. The highest BCUT2D eigenvalue weighted by molar-refractivity contribution is 5.47. The molecule has 0 bridgehead atoms. The van der Waals surface area contributed by atoms with Gasteiger partial charge in [-0.15, -0.1) is 0 Å². The highest BCUT2D eigenvalue weighted by Gasteiger charge is 2.25. The summed E-state index contributed by atoms with van der Waals surface area (Å²) in [6.45, 7) is 4.16. The maximum atomic E-state index is 9.77. The molecule has 2 heterocycles. The lowest BCUT2D eigenvalue weighted by molar-refractivity contribution is 0.169. The number of hydrogen-bond acceptors (Lipinski definition) is 4. The molecule has 2 rings (SSSR count). The predicted octanol–water partition coefficient (Wildman–Crippen LogP) is 2.06. The summed E-state index contributed by atoms with van der Waals surface area (Å²) in [6, 6.07) is 4.63. The Morgan fingerprint density at radius 3 is 2.84 bits per heavy atom. The zero-order chi connectivity index (χ0) is 13.8. The van der Waals surface area contributed by atoms with Crippen LogP contribution in [0.25, 0.3) is 0 Å². The molecule has 1 aromatic rings. The van der Waals surface area contributed by atoms with Crippen LogP contribution in [0.2, 0.25) is 0 Å². The quantitative estimate of drug-likeness (QED) is 0.882. The number of rotatable bonds is 5. The molecule has 2 unspecified atom stereocenters. The fraction of sp³-hybridized carbons (Fsp3) is 0.667. The fourth-order valence-electron chi connectivity index (χ4n) is 2.76. The number of nitrogens with zero attached hydrogens (tertiary/aromatic N) is 3. The van der Waals surface area contributed by atoms with E-state index in [1.54, 1.807) is 0 Å². The second-order valence-corrected chi connectivity index (χ2v) is 5.62. The van der Waals surface area contributed by atoms with Crippen LogP contribution in [0.5, 0.6) is 0 Å². The van der Waals surface area contributed by atoms with Crippen molar-refractivity contribution in [2.24, 2.45) is 0 Å². The molecule has 19 heavy (non-hydrogen) atoms. The van der Waals surface area contributed by atoms with Crippen LogP contribution in [-0.4, -0.2) is 48.2 Å². The minimum Gasteiger partial charge on any atom is -0.387 e. The summed E-state index contributed by atoms with van der Waals surface area (Å²) in [7, 11) is 4.24. The average Bonchev–Trinajstić information content (AvgIpc) is 2.85. The van der Waals surface area contributed by atoms with Gasteiger partial charge in [-0.2, -0.15) is 0 Å². The summed E-state index contributed by atoms with van der Waals surface area (Å²) in [5.74, 6) is 0. The molecule has 1 N–H and O–H groups in total. The van der Waals surface area contributed by atoms with E-state index in [0.29, 0.717) is 12.5 Å². The molecule has 0 saturated carbocycles. The van der Waals surface area contributed by atoms with Gasteiger partial charge in [-0.1, -0.05) is 6.92 Å². The van der Waals surface area contributed by atoms with Gasteiger partial charge in [-0.05, 0) is 45.5 Å². The van der Waals surface area contributed by atoms with Gasteiger partial charge in [0.1, 0.15) is 0 Å². The Hall–Kier alpha value is -1.13. The molecule has 1 fully saturated rings. The third-order valence-electron chi connectivity index (χ3n) is 3.78. The molecule has 0 spiro atoms. The Kier molecular flexibility index (Phi) is 4.77. The van der Waals surface area contributed by atoms with Crippen molar-refractivity contribution >= 4 is 5.69 Å². The minimum atomic E-state index is -0.440. The topological polar surface area (TPSA) is 39.6 Å². The molecule has 2 atom stereocenters. The normalized spacial score (nSPS) is 21.1. The molecule has 0 radical (unpaired) electrons. The smallest absolute Gasteiger partial charge is 0.0957 e. The Balaban J connectivity index is 2.08. The average molecular weight is 263 g/mol. The van der Waals surface area contributed by atoms with Gasteiger partial charge in [-0.25, -0.2) is 0 Å². The van der Waals surface area contributed by atoms with Crippen LogP contribution in [0.15, 0.2) is 18.3 Å². The number of pyridine rings is 1. The lowest BCUT2D eigenvalue weighted by Crippen LogP contribution is -2.37. The monoisotopic (exact) mass is 263 g/mol. The summed E-state index contributed by atoms with van der Waals surface area (Å²) in [5, 5.41) is 9.77. The number of anilines is 1. The van der Waals surface area contributed by atoms with E-state index < -0.39 is 6.10 Å². The van der Waals surface area contributed by atoms with Crippen molar-refractivity contribution in [3.05, 3.63) is 24.0 Å². The third kappa shape index (κ3) is 3.45. The Morgan fingerprint density at radius 1 is 1.47 bits per heavy atom. The summed E-state index contributed by atoms with van der Waals surface area (Å²) in [5.41, 5.74) is 1.95. The van der Waals surface area contributed by atoms with Crippen molar-refractivity contribution < 1.29 is 5.11 Å².